The number of nitrogens with one attached hydrogen (secondary N) is 3. The molecule has 8 heteroatoms. The van der Waals surface area contributed by atoms with E-state index in [2.05, 4.69) is 15.0 Å². The van der Waals surface area contributed by atoms with Gasteiger partial charge >= 0.3 is 0 Å². The lowest BCUT2D eigenvalue weighted by atomic mass is 9.95. The molecule has 3 rings (SSSR count). The zero-order valence-corrected chi connectivity index (χ0v) is 17.7. The molecule has 0 radical (unpaired) electrons. The van der Waals surface area contributed by atoms with Gasteiger partial charge in [0.15, 0.2) is 0 Å². The third-order valence-corrected chi connectivity index (χ3v) is 6.75. The Morgan fingerprint density at radius 1 is 1.14 bits per heavy atom. The van der Waals surface area contributed by atoms with Gasteiger partial charge in [0.25, 0.3) is 0 Å². The van der Waals surface area contributed by atoms with Gasteiger partial charge in [-0.15, -0.1) is 0 Å². The van der Waals surface area contributed by atoms with Crippen LogP contribution in [0.25, 0.3) is 10.9 Å². The summed E-state index contributed by atoms with van der Waals surface area (Å²) in [7, 11) is -3.90. The summed E-state index contributed by atoms with van der Waals surface area (Å²) >= 11 is 0. The number of aromatic nitrogens is 1. The molecule has 0 saturated heterocycles. The van der Waals surface area contributed by atoms with Crippen molar-refractivity contribution in [2.75, 3.05) is 0 Å². The van der Waals surface area contributed by atoms with Crippen LogP contribution in [0.5, 0.6) is 0 Å². The van der Waals surface area contributed by atoms with Crippen LogP contribution < -0.4 is 15.6 Å². The van der Waals surface area contributed by atoms with Crippen molar-refractivity contribution >= 4 is 26.8 Å². The zero-order valence-electron chi connectivity index (χ0n) is 16.9. The Morgan fingerprint density at radius 2 is 1.86 bits per heavy atom. The van der Waals surface area contributed by atoms with Crippen LogP contribution in [0.3, 0.4) is 0 Å². The van der Waals surface area contributed by atoms with Crippen LogP contribution in [0.1, 0.15) is 52.4 Å². The molecule has 0 aliphatic heterocycles. The van der Waals surface area contributed by atoms with E-state index < -0.39 is 16.1 Å². The van der Waals surface area contributed by atoms with Crippen LogP contribution in [-0.2, 0) is 14.8 Å². The Morgan fingerprint density at radius 3 is 2.55 bits per heavy atom. The van der Waals surface area contributed by atoms with E-state index in [9.17, 15) is 18.0 Å². The molecule has 2 aromatic rings. The van der Waals surface area contributed by atoms with Gasteiger partial charge in [0.2, 0.25) is 21.5 Å². The summed E-state index contributed by atoms with van der Waals surface area (Å²) in [6.45, 7) is 3.92. The number of pyridine rings is 1. The molecule has 3 N–H and O–H groups in total. The van der Waals surface area contributed by atoms with Crippen LogP contribution >= 0.6 is 0 Å². The quantitative estimate of drug-likeness (QED) is 0.641. The number of fused-ring (bicyclic) bond motifs is 1. The minimum absolute atomic E-state index is 0.0660. The van der Waals surface area contributed by atoms with Gasteiger partial charge in [-0.05, 0) is 54.8 Å². The Hall–Kier alpha value is -2.19. The Bertz CT molecular complexity index is 1020. The molecule has 1 aromatic heterocycles. The first kappa shape index (κ1) is 21.5. The summed E-state index contributed by atoms with van der Waals surface area (Å²) in [5.74, 6) is -0.110. The first-order valence-corrected chi connectivity index (χ1v) is 11.7. The first-order valence-electron chi connectivity index (χ1n) is 10.2. The van der Waals surface area contributed by atoms with E-state index in [0.29, 0.717) is 17.3 Å². The summed E-state index contributed by atoms with van der Waals surface area (Å²) in [6.07, 6.45) is 5.65. The molecule has 0 unspecified atom stereocenters. The van der Waals surface area contributed by atoms with Gasteiger partial charge in [-0.25, -0.2) is 8.42 Å². The average Bonchev–Trinajstić information content (AvgIpc) is 2.67. The van der Waals surface area contributed by atoms with E-state index in [0.717, 1.165) is 25.7 Å². The van der Waals surface area contributed by atoms with E-state index in [1.54, 1.807) is 12.1 Å². The molecule has 29 heavy (non-hydrogen) atoms. The number of benzene rings is 1. The highest BCUT2D eigenvalue weighted by Crippen LogP contribution is 2.20. The van der Waals surface area contributed by atoms with Crippen LogP contribution in [0.15, 0.2) is 40.0 Å². The highest BCUT2D eigenvalue weighted by molar-refractivity contribution is 7.89. The normalized spacial score (nSPS) is 16.8. The second kappa shape index (κ2) is 9.09. The van der Waals surface area contributed by atoms with Crippen molar-refractivity contribution in [2.45, 2.75) is 69.4 Å². The lowest BCUT2D eigenvalue weighted by Crippen LogP contribution is -2.50. The number of sulfonamides is 1. The van der Waals surface area contributed by atoms with E-state index in [4.69, 9.17) is 0 Å². The van der Waals surface area contributed by atoms with E-state index in [1.807, 2.05) is 13.8 Å². The molecule has 1 aliphatic carbocycles. The van der Waals surface area contributed by atoms with Gasteiger partial charge in [-0.3, -0.25) is 9.59 Å². The van der Waals surface area contributed by atoms with E-state index in [-0.39, 0.29) is 28.3 Å². The molecule has 1 saturated carbocycles. The lowest BCUT2D eigenvalue weighted by Gasteiger charge is -2.26. The Balaban J connectivity index is 1.80. The minimum Gasteiger partial charge on any atom is -0.352 e. The Labute approximate surface area is 171 Å². The summed E-state index contributed by atoms with van der Waals surface area (Å²) in [5, 5.41) is 3.64. The molecule has 1 aromatic carbocycles. The predicted molar refractivity (Wildman–Crippen MR) is 113 cm³/mol. The number of carbonyl (C=O) groups is 1. The van der Waals surface area contributed by atoms with Gasteiger partial charge in [0.1, 0.15) is 6.04 Å². The van der Waals surface area contributed by atoms with Crippen LogP contribution in [-0.4, -0.2) is 31.4 Å². The fourth-order valence-corrected chi connectivity index (χ4v) is 5.03. The maximum Gasteiger partial charge on any atom is 0.248 e. The molecule has 1 amide bonds. The molecule has 0 bridgehead atoms. The molecular weight excluding hydrogens is 390 g/mol. The number of hydrogen-bond donors (Lipinski definition) is 3. The number of carbonyl (C=O) groups excluding carboxylic acids is 1. The molecule has 158 valence electrons. The largest absolute Gasteiger partial charge is 0.352 e. The van der Waals surface area contributed by atoms with Gasteiger partial charge in [-0.2, -0.15) is 4.72 Å². The number of H-pyrrole nitrogens is 1. The zero-order chi connectivity index (χ0) is 21.0. The molecule has 1 atom stereocenters. The summed E-state index contributed by atoms with van der Waals surface area (Å²) < 4.78 is 28.5. The topological polar surface area (TPSA) is 108 Å². The highest BCUT2D eigenvalue weighted by atomic mass is 32.2. The van der Waals surface area contributed by atoms with Gasteiger partial charge < -0.3 is 10.3 Å². The third kappa shape index (κ3) is 5.67. The second-order valence-electron chi connectivity index (χ2n) is 8.22. The van der Waals surface area contributed by atoms with Crippen molar-refractivity contribution in [1.29, 1.82) is 0 Å². The maximum absolute atomic E-state index is 13.0. The van der Waals surface area contributed by atoms with Gasteiger partial charge in [0, 0.05) is 17.6 Å². The first-order chi connectivity index (χ1) is 13.7. The third-order valence-electron chi connectivity index (χ3n) is 5.28. The standard InChI is InChI=1S/C21H29N3O4S/c1-14(2)12-19(21(26)22-16-6-4-3-5-7-16)24-29(27,28)17-9-10-18-15(13-17)8-11-20(25)23-18/h8-11,13-14,16,19,24H,3-7,12H2,1-2H3,(H,22,26)(H,23,25)/t19-/m0/s1. The lowest BCUT2D eigenvalue weighted by molar-refractivity contribution is -0.124. The molecule has 1 fully saturated rings. The van der Waals surface area contributed by atoms with E-state index in [1.165, 1.54) is 24.6 Å². The van der Waals surface area contributed by atoms with E-state index >= 15 is 0 Å². The second-order valence-corrected chi connectivity index (χ2v) is 9.93. The highest BCUT2D eigenvalue weighted by Gasteiger charge is 2.28. The van der Waals surface area contributed by atoms with Crippen molar-refractivity contribution < 1.29 is 13.2 Å². The van der Waals surface area contributed by atoms with Crippen LogP contribution in [0, 0.1) is 5.92 Å². The SMILES string of the molecule is CC(C)C[C@H](NS(=O)(=O)c1ccc2[nH]c(=O)ccc2c1)C(=O)NC1CCCCC1. The summed E-state index contributed by atoms with van der Waals surface area (Å²) in [5.41, 5.74) is 0.313. The molecular formula is C21H29N3O4S. The Kier molecular flexibility index (Phi) is 6.74. The van der Waals surface area contributed by atoms with Gasteiger partial charge in [-0.1, -0.05) is 33.1 Å². The maximum atomic E-state index is 13.0. The van der Waals surface area contributed by atoms with Gasteiger partial charge in [0.05, 0.1) is 4.90 Å². The molecule has 7 nitrogen and oxygen atoms in total. The summed E-state index contributed by atoms with van der Waals surface area (Å²) in [6, 6.07) is 6.72. The minimum atomic E-state index is -3.90. The summed E-state index contributed by atoms with van der Waals surface area (Å²) in [4.78, 5) is 27.0. The van der Waals surface area contributed by atoms with Crippen molar-refractivity contribution in [3.8, 4) is 0 Å². The van der Waals surface area contributed by atoms with Crippen molar-refractivity contribution in [1.82, 2.24) is 15.0 Å². The fourth-order valence-electron chi connectivity index (χ4n) is 3.78. The number of rotatable bonds is 7. The van der Waals surface area contributed by atoms with Crippen LogP contribution in [0.4, 0.5) is 0 Å². The number of hydrogen-bond acceptors (Lipinski definition) is 4. The fraction of sp³-hybridized carbons (Fsp3) is 0.524. The smallest absolute Gasteiger partial charge is 0.248 e. The van der Waals surface area contributed by atoms with Crippen molar-refractivity contribution in [2.24, 2.45) is 5.92 Å². The molecule has 1 heterocycles. The number of amides is 1. The van der Waals surface area contributed by atoms with Crippen molar-refractivity contribution in [3.05, 3.63) is 40.7 Å². The molecule has 1 aliphatic rings. The average molecular weight is 420 g/mol. The van der Waals surface area contributed by atoms with Crippen molar-refractivity contribution in [3.63, 3.8) is 0 Å². The number of aromatic amines is 1. The monoisotopic (exact) mass is 419 g/mol. The van der Waals surface area contributed by atoms with Crippen LogP contribution in [0.2, 0.25) is 0 Å². The predicted octanol–water partition coefficient (Wildman–Crippen LogP) is 2.67. The molecule has 0 spiro atoms.